The zero-order chi connectivity index (χ0) is 22.6. The second-order valence-corrected chi connectivity index (χ2v) is 11.4. The van der Waals surface area contributed by atoms with Crippen LogP contribution in [0.1, 0.15) is 61.3 Å². The Balaban J connectivity index is 1.62. The van der Waals surface area contributed by atoms with E-state index in [0.29, 0.717) is 20.0 Å². The fourth-order valence-corrected chi connectivity index (χ4v) is 5.81. The van der Waals surface area contributed by atoms with E-state index in [1.54, 1.807) is 6.92 Å². The number of fused-ring (bicyclic) bond motifs is 1. The highest BCUT2D eigenvalue weighted by Gasteiger charge is 2.27. The van der Waals surface area contributed by atoms with Gasteiger partial charge in [0.15, 0.2) is 4.34 Å². The number of ether oxygens (including phenoxy) is 1. The first-order valence-corrected chi connectivity index (χ1v) is 12.7. The van der Waals surface area contributed by atoms with Crippen molar-refractivity contribution < 1.29 is 19.1 Å². The number of anilines is 2. The number of nitrogens with one attached hydrogen (secondary N) is 2. The minimum absolute atomic E-state index is 0.118. The van der Waals surface area contributed by atoms with Crippen molar-refractivity contribution in [2.24, 2.45) is 5.41 Å². The molecule has 2 aromatic heterocycles. The molecule has 31 heavy (non-hydrogen) atoms. The third-order valence-corrected chi connectivity index (χ3v) is 7.72. The molecule has 2 N–H and O–H groups in total. The molecule has 168 valence electrons. The molecule has 0 atom stereocenters. The van der Waals surface area contributed by atoms with Crippen molar-refractivity contribution in [2.75, 3.05) is 23.0 Å². The highest BCUT2D eigenvalue weighted by atomic mass is 32.2. The van der Waals surface area contributed by atoms with Crippen LogP contribution in [0, 0.1) is 5.41 Å². The predicted molar refractivity (Wildman–Crippen MR) is 124 cm³/mol. The minimum Gasteiger partial charge on any atom is -0.462 e. The van der Waals surface area contributed by atoms with Gasteiger partial charge in [-0.1, -0.05) is 43.9 Å². The van der Waals surface area contributed by atoms with Gasteiger partial charge < -0.3 is 15.4 Å². The molecule has 0 aliphatic heterocycles. The second kappa shape index (κ2) is 10.1. The lowest BCUT2D eigenvalue weighted by Crippen LogP contribution is -2.27. The van der Waals surface area contributed by atoms with Gasteiger partial charge in [0.1, 0.15) is 5.00 Å². The molecule has 3 rings (SSSR count). The normalized spacial score (nSPS) is 13.4. The van der Waals surface area contributed by atoms with E-state index < -0.39 is 5.41 Å². The summed E-state index contributed by atoms with van der Waals surface area (Å²) in [6, 6.07) is 0. The van der Waals surface area contributed by atoms with Crippen LogP contribution in [-0.2, 0) is 27.2 Å². The molecule has 2 heterocycles. The molecule has 2 amide bonds. The third kappa shape index (κ3) is 6.05. The van der Waals surface area contributed by atoms with Gasteiger partial charge in [-0.3, -0.25) is 9.59 Å². The highest BCUT2D eigenvalue weighted by Crippen LogP contribution is 2.39. The van der Waals surface area contributed by atoms with Crippen LogP contribution in [0.5, 0.6) is 0 Å². The SMILES string of the molecule is CCOC(=O)c1c(NC(=O)CSc2nnc(NC(=O)C(C)(C)C)s2)sc2c1CCCC2. The number of rotatable bonds is 7. The molecule has 0 saturated heterocycles. The Hall–Kier alpha value is -1.98. The van der Waals surface area contributed by atoms with Gasteiger partial charge >= 0.3 is 5.97 Å². The van der Waals surface area contributed by atoms with Crippen molar-refractivity contribution in [1.82, 2.24) is 10.2 Å². The number of nitrogens with zero attached hydrogens (tertiary/aromatic N) is 2. The van der Waals surface area contributed by atoms with Gasteiger partial charge in [0.2, 0.25) is 16.9 Å². The summed E-state index contributed by atoms with van der Waals surface area (Å²) in [4.78, 5) is 38.3. The Morgan fingerprint density at radius 3 is 2.55 bits per heavy atom. The van der Waals surface area contributed by atoms with E-state index in [4.69, 9.17) is 4.74 Å². The standard InChI is InChI=1S/C20H26N4O4S3/c1-5-28-16(26)14-11-8-6-7-9-12(11)30-15(14)21-13(25)10-29-19-24-23-18(31-19)22-17(27)20(2,3)4/h5-10H2,1-4H3,(H,21,25)(H,22,23,27). The van der Waals surface area contributed by atoms with Gasteiger partial charge in [0.05, 0.1) is 17.9 Å². The molecular weight excluding hydrogens is 456 g/mol. The van der Waals surface area contributed by atoms with E-state index >= 15 is 0 Å². The van der Waals surface area contributed by atoms with E-state index in [1.165, 1.54) is 34.4 Å². The minimum atomic E-state index is -0.532. The van der Waals surface area contributed by atoms with Crippen molar-refractivity contribution in [3.05, 3.63) is 16.0 Å². The largest absolute Gasteiger partial charge is 0.462 e. The molecule has 0 bridgehead atoms. The van der Waals surface area contributed by atoms with Crippen molar-refractivity contribution in [3.63, 3.8) is 0 Å². The number of hydrogen-bond donors (Lipinski definition) is 2. The third-order valence-electron chi connectivity index (χ3n) is 4.54. The predicted octanol–water partition coefficient (Wildman–Crippen LogP) is 4.37. The van der Waals surface area contributed by atoms with Gasteiger partial charge in [-0.05, 0) is 38.2 Å². The molecule has 2 aromatic rings. The summed E-state index contributed by atoms with van der Waals surface area (Å²) in [5.41, 5.74) is 0.985. The fourth-order valence-electron chi connectivity index (χ4n) is 2.97. The van der Waals surface area contributed by atoms with Crippen LogP contribution in [0.3, 0.4) is 0 Å². The first kappa shape index (κ1) is 23.7. The lowest BCUT2D eigenvalue weighted by Gasteiger charge is -2.15. The van der Waals surface area contributed by atoms with E-state index in [-0.39, 0.29) is 30.1 Å². The Morgan fingerprint density at radius 1 is 1.10 bits per heavy atom. The number of amides is 2. The Labute approximate surface area is 193 Å². The number of carbonyl (C=O) groups is 3. The number of aryl methyl sites for hydroxylation is 1. The lowest BCUT2D eigenvalue weighted by molar-refractivity contribution is -0.123. The molecule has 0 radical (unpaired) electrons. The zero-order valence-corrected chi connectivity index (χ0v) is 20.4. The summed E-state index contributed by atoms with van der Waals surface area (Å²) in [6.07, 6.45) is 3.87. The van der Waals surface area contributed by atoms with E-state index in [1.807, 2.05) is 20.8 Å². The quantitative estimate of drug-likeness (QED) is 0.342. The number of carbonyl (C=O) groups excluding carboxylic acids is 3. The van der Waals surface area contributed by atoms with Crippen LogP contribution in [0.25, 0.3) is 0 Å². The van der Waals surface area contributed by atoms with Gasteiger partial charge in [0.25, 0.3) is 0 Å². The van der Waals surface area contributed by atoms with Crippen LogP contribution in [-0.4, -0.2) is 40.3 Å². The summed E-state index contributed by atoms with van der Waals surface area (Å²) in [7, 11) is 0. The smallest absolute Gasteiger partial charge is 0.341 e. The monoisotopic (exact) mass is 482 g/mol. The number of thioether (sulfide) groups is 1. The maximum Gasteiger partial charge on any atom is 0.341 e. The van der Waals surface area contributed by atoms with Crippen LogP contribution in [0.15, 0.2) is 4.34 Å². The van der Waals surface area contributed by atoms with Crippen LogP contribution in [0.2, 0.25) is 0 Å². The topological polar surface area (TPSA) is 110 Å². The molecule has 1 aliphatic rings. The van der Waals surface area contributed by atoms with Crippen LogP contribution < -0.4 is 10.6 Å². The second-order valence-electron chi connectivity index (χ2n) is 8.05. The van der Waals surface area contributed by atoms with Crippen LogP contribution in [0.4, 0.5) is 10.1 Å². The molecule has 8 nitrogen and oxygen atoms in total. The highest BCUT2D eigenvalue weighted by molar-refractivity contribution is 8.01. The van der Waals surface area contributed by atoms with Crippen molar-refractivity contribution >= 4 is 62.4 Å². The van der Waals surface area contributed by atoms with Gasteiger partial charge in [-0.2, -0.15) is 0 Å². The van der Waals surface area contributed by atoms with E-state index in [0.717, 1.165) is 36.1 Å². The van der Waals surface area contributed by atoms with Crippen molar-refractivity contribution in [1.29, 1.82) is 0 Å². The first-order valence-electron chi connectivity index (χ1n) is 10.1. The number of hydrogen-bond acceptors (Lipinski definition) is 9. The average molecular weight is 483 g/mol. The van der Waals surface area contributed by atoms with Gasteiger partial charge in [0, 0.05) is 10.3 Å². The molecule has 0 fully saturated rings. The number of esters is 1. The number of aromatic nitrogens is 2. The van der Waals surface area contributed by atoms with Gasteiger partial charge in [-0.25, -0.2) is 4.79 Å². The molecule has 0 spiro atoms. The number of thiophene rings is 1. The lowest BCUT2D eigenvalue weighted by atomic mass is 9.95. The Kier molecular flexibility index (Phi) is 7.71. The van der Waals surface area contributed by atoms with E-state index in [2.05, 4.69) is 20.8 Å². The Bertz CT molecular complexity index is 978. The Morgan fingerprint density at radius 2 is 1.84 bits per heavy atom. The van der Waals surface area contributed by atoms with E-state index in [9.17, 15) is 14.4 Å². The van der Waals surface area contributed by atoms with Gasteiger partial charge in [-0.15, -0.1) is 21.5 Å². The molecule has 0 saturated carbocycles. The van der Waals surface area contributed by atoms with Crippen LogP contribution >= 0.6 is 34.4 Å². The zero-order valence-electron chi connectivity index (χ0n) is 18.0. The van der Waals surface area contributed by atoms with Crippen molar-refractivity contribution in [3.8, 4) is 0 Å². The fraction of sp³-hybridized carbons (Fsp3) is 0.550. The molecule has 0 unspecified atom stereocenters. The van der Waals surface area contributed by atoms with Crippen molar-refractivity contribution in [2.45, 2.75) is 57.7 Å². The molecule has 1 aliphatic carbocycles. The molecule has 0 aromatic carbocycles. The first-order chi connectivity index (χ1) is 14.7. The molecular formula is C20H26N4O4S3. The maximum atomic E-state index is 12.6. The average Bonchev–Trinajstić information content (AvgIpc) is 3.29. The summed E-state index contributed by atoms with van der Waals surface area (Å²) in [5.74, 6) is -0.643. The summed E-state index contributed by atoms with van der Waals surface area (Å²) in [5, 5.41) is 14.6. The summed E-state index contributed by atoms with van der Waals surface area (Å²) >= 11 is 3.92. The summed E-state index contributed by atoms with van der Waals surface area (Å²) in [6.45, 7) is 7.51. The summed E-state index contributed by atoms with van der Waals surface area (Å²) < 4.78 is 5.80. The molecule has 11 heteroatoms. The maximum absolute atomic E-state index is 12.6.